The van der Waals surface area contributed by atoms with E-state index < -0.39 is 27.5 Å². The van der Waals surface area contributed by atoms with Gasteiger partial charge in [-0.05, 0) is 91.3 Å². The van der Waals surface area contributed by atoms with Gasteiger partial charge in [0.25, 0.3) is 10.0 Å². The fraction of sp³-hybridized carbons (Fsp3) is 0.0588. The fourth-order valence-corrected chi connectivity index (χ4v) is 5.39. The van der Waals surface area contributed by atoms with E-state index in [2.05, 4.69) is 19.9 Å². The number of carbonyl (C=O) groups excluding carboxylic acids is 3. The molecule has 0 aliphatic rings. The molecule has 0 saturated heterocycles. The van der Waals surface area contributed by atoms with Crippen LogP contribution in [0.5, 0.6) is 17.2 Å². The Morgan fingerprint density at radius 1 is 0.766 bits per heavy atom. The molecule has 5 aromatic rings. The molecule has 0 atom stereocenters. The van der Waals surface area contributed by atoms with Crippen LogP contribution in [0, 0.1) is 0 Å². The highest BCUT2D eigenvalue weighted by atomic mass is 32.2. The number of benzene rings is 4. The maximum atomic E-state index is 13.1. The van der Waals surface area contributed by atoms with Gasteiger partial charge in [0.05, 0.1) is 27.4 Å². The Balaban J connectivity index is 1.25. The predicted octanol–water partition coefficient (Wildman–Crippen LogP) is 6.56. The van der Waals surface area contributed by atoms with Gasteiger partial charge in [0.15, 0.2) is 11.6 Å². The normalized spacial score (nSPS) is 11.3. The highest BCUT2D eigenvalue weighted by Gasteiger charge is 2.19. The van der Waals surface area contributed by atoms with E-state index in [-0.39, 0.29) is 56.8 Å². The summed E-state index contributed by atoms with van der Waals surface area (Å²) in [5, 5.41) is 29.1. The first-order valence-electron chi connectivity index (χ1n) is 14.0. The van der Waals surface area contributed by atoms with Crippen LogP contribution in [0.2, 0.25) is 0 Å². The first-order chi connectivity index (χ1) is 22.5. The van der Waals surface area contributed by atoms with Gasteiger partial charge in [-0.3, -0.25) is 14.3 Å². The maximum Gasteiger partial charge on any atom is 0.347 e. The topological polar surface area (TPSA) is 185 Å². The molecule has 13 heteroatoms. The summed E-state index contributed by atoms with van der Waals surface area (Å²) in [4.78, 5) is 41.6. The number of ether oxygens (including phenoxy) is 1. The summed E-state index contributed by atoms with van der Waals surface area (Å²) in [5.41, 5.74) is 0.926. The lowest BCUT2D eigenvalue weighted by Gasteiger charge is -2.10. The van der Waals surface area contributed by atoms with Gasteiger partial charge in [0, 0.05) is 12.6 Å². The van der Waals surface area contributed by atoms with Gasteiger partial charge in [0.1, 0.15) is 28.6 Å². The SMILES string of the molecule is CC(=O)c1ccccc1OC(=O)c1ccc(CC(=O)c2cc(N=Nc3ccc(S(=O)(=O)Nc4ccccn4)cc3)ccc2O)cc1O. The molecule has 0 radical (unpaired) electrons. The van der Waals surface area contributed by atoms with E-state index in [1.807, 2.05) is 0 Å². The molecule has 0 amide bonds. The van der Waals surface area contributed by atoms with E-state index in [1.165, 1.54) is 92.0 Å². The Kier molecular flexibility index (Phi) is 9.47. The van der Waals surface area contributed by atoms with Gasteiger partial charge in [-0.1, -0.05) is 24.3 Å². The molecule has 0 unspecified atom stereocenters. The summed E-state index contributed by atoms with van der Waals surface area (Å²) in [6.45, 7) is 1.34. The Bertz CT molecular complexity index is 2120. The predicted molar refractivity (Wildman–Crippen MR) is 171 cm³/mol. The summed E-state index contributed by atoms with van der Waals surface area (Å²) in [5.74, 6) is -2.18. The summed E-state index contributed by atoms with van der Waals surface area (Å²) < 4.78 is 32.9. The molecule has 1 heterocycles. The van der Waals surface area contributed by atoms with Crippen LogP contribution in [-0.2, 0) is 16.4 Å². The summed E-state index contributed by atoms with van der Waals surface area (Å²) in [6, 6.07) is 24.8. The van der Waals surface area contributed by atoms with Crippen molar-refractivity contribution in [3.05, 3.63) is 132 Å². The second kappa shape index (κ2) is 13.8. The molecule has 236 valence electrons. The number of azo groups is 1. The second-order valence-corrected chi connectivity index (χ2v) is 11.8. The number of ketones is 2. The summed E-state index contributed by atoms with van der Waals surface area (Å²) in [7, 11) is -3.87. The third kappa shape index (κ3) is 7.90. The van der Waals surface area contributed by atoms with E-state index in [0.717, 1.165) is 0 Å². The molecule has 0 fully saturated rings. The number of aromatic nitrogens is 1. The largest absolute Gasteiger partial charge is 0.507 e. The first-order valence-corrected chi connectivity index (χ1v) is 15.4. The number of anilines is 1. The number of hydrogen-bond donors (Lipinski definition) is 3. The smallest absolute Gasteiger partial charge is 0.347 e. The van der Waals surface area contributed by atoms with Crippen LogP contribution in [0.25, 0.3) is 0 Å². The van der Waals surface area contributed by atoms with Gasteiger partial charge in [0.2, 0.25) is 0 Å². The molecule has 0 spiro atoms. The van der Waals surface area contributed by atoms with Gasteiger partial charge in [-0.25, -0.2) is 18.2 Å². The second-order valence-electron chi connectivity index (χ2n) is 10.1. The minimum Gasteiger partial charge on any atom is -0.507 e. The molecule has 0 bridgehead atoms. The van der Waals surface area contributed by atoms with Crippen molar-refractivity contribution in [3.63, 3.8) is 0 Å². The van der Waals surface area contributed by atoms with Crippen molar-refractivity contribution in [2.45, 2.75) is 18.2 Å². The molecule has 4 aromatic carbocycles. The molecule has 12 nitrogen and oxygen atoms in total. The van der Waals surface area contributed by atoms with Crippen molar-refractivity contribution < 1.29 is 37.8 Å². The van der Waals surface area contributed by atoms with Crippen molar-refractivity contribution in [2.24, 2.45) is 10.2 Å². The molecule has 5 rings (SSSR count). The highest BCUT2D eigenvalue weighted by molar-refractivity contribution is 7.92. The minimum absolute atomic E-state index is 0.00565. The number of esters is 1. The number of para-hydroxylation sites is 1. The number of nitrogens with one attached hydrogen (secondary N) is 1. The van der Waals surface area contributed by atoms with Crippen molar-refractivity contribution in [1.29, 1.82) is 0 Å². The molecule has 0 aliphatic heterocycles. The van der Waals surface area contributed by atoms with Crippen molar-refractivity contribution >= 4 is 44.8 Å². The Morgan fingerprint density at radius 3 is 2.17 bits per heavy atom. The molecule has 47 heavy (non-hydrogen) atoms. The van der Waals surface area contributed by atoms with Gasteiger partial charge in [-0.2, -0.15) is 10.2 Å². The average Bonchev–Trinajstić information content (AvgIpc) is 3.05. The quantitative estimate of drug-likeness (QED) is 0.0616. The van der Waals surface area contributed by atoms with Crippen molar-refractivity contribution in [2.75, 3.05) is 4.72 Å². The van der Waals surface area contributed by atoms with Crippen LogP contribution in [0.15, 0.2) is 124 Å². The molecule has 3 N–H and O–H groups in total. The van der Waals surface area contributed by atoms with Crippen LogP contribution in [0.3, 0.4) is 0 Å². The van der Waals surface area contributed by atoms with Crippen LogP contribution in [0.1, 0.15) is 43.6 Å². The lowest BCUT2D eigenvalue weighted by atomic mass is 10.00. The van der Waals surface area contributed by atoms with E-state index in [1.54, 1.807) is 24.3 Å². The molecular weight excluding hydrogens is 624 g/mol. The van der Waals surface area contributed by atoms with E-state index in [9.17, 15) is 33.0 Å². The van der Waals surface area contributed by atoms with Gasteiger partial charge < -0.3 is 14.9 Å². The zero-order chi connectivity index (χ0) is 33.6. The standard InChI is InChI=1S/C34H26N4O8S/c1-21(39)26-6-2-3-7-32(26)46-34(43)27-15-9-22(18-30(27)41)19-31(42)28-20-24(12-16-29(28)40)37-36-23-10-13-25(14-11-23)47(44,45)38-33-8-4-5-17-35-33/h2-18,20,40-41H,19H2,1H3,(H,35,38). The zero-order valence-corrected chi connectivity index (χ0v) is 25.5. The van der Waals surface area contributed by atoms with Crippen LogP contribution in [0.4, 0.5) is 17.2 Å². The number of Topliss-reactive ketones (excluding diaryl/α,β-unsaturated/α-hetero) is 2. The number of pyridine rings is 1. The molecule has 1 aromatic heterocycles. The van der Waals surface area contributed by atoms with E-state index >= 15 is 0 Å². The average molecular weight is 651 g/mol. The van der Waals surface area contributed by atoms with E-state index in [4.69, 9.17) is 4.74 Å². The molecule has 0 aliphatic carbocycles. The Labute approximate surface area is 269 Å². The molecule has 0 saturated carbocycles. The van der Waals surface area contributed by atoms with E-state index in [0.29, 0.717) is 11.3 Å². The number of carbonyl (C=O) groups is 3. The third-order valence-electron chi connectivity index (χ3n) is 6.73. The number of nitrogens with zero attached hydrogens (tertiary/aromatic N) is 3. The van der Waals surface area contributed by atoms with Crippen LogP contribution < -0.4 is 9.46 Å². The highest BCUT2D eigenvalue weighted by Crippen LogP contribution is 2.29. The number of aromatic hydroxyl groups is 2. The zero-order valence-electron chi connectivity index (χ0n) is 24.7. The van der Waals surface area contributed by atoms with Gasteiger partial charge >= 0.3 is 5.97 Å². The fourth-order valence-electron chi connectivity index (χ4n) is 4.38. The van der Waals surface area contributed by atoms with Crippen molar-refractivity contribution in [3.8, 4) is 17.2 Å². The maximum absolute atomic E-state index is 13.1. The minimum atomic E-state index is -3.87. The van der Waals surface area contributed by atoms with Crippen LogP contribution >= 0.6 is 0 Å². The van der Waals surface area contributed by atoms with Gasteiger partial charge in [-0.15, -0.1) is 0 Å². The number of sulfonamides is 1. The lowest BCUT2D eigenvalue weighted by molar-refractivity contribution is 0.0729. The third-order valence-corrected chi connectivity index (χ3v) is 8.10. The van der Waals surface area contributed by atoms with Crippen LogP contribution in [-0.4, -0.2) is 41.2 Å². The van der Waals surface area contributed by atoms with Crippen molar-refractivity contribution in [1.82, 2.24) is 4.98 Å². The lowest BCUT2D eigenvalue weighted by Crippen LogP contribution is -2.13. The Hall–Kier alpha value is -6.21. The number of hydrogen-bond acceptors (Lipinski definition) is 11. The number of phenols is 2. The number of phenolic OH excluding ortho intramolecular Hbond substituents is 2. The summed E-state index contributed by atoms with van der Waals surface area (Å²) in [6.07, 6.45) is 1.24. The number of rotatable bonds is 11. The Morgan fingerprint density at radius 2 is 1.47 bits per heavy atom. The monoisotopic (exact) mass is 650 g/mol. The summed E-state index contributed by atoms with van der Waals surface area (Å²) >= 11 is 0. The first kappa shape index (κ1) is 32.2. The molecular formula is C34H26N4O8S.